The highest BCUT2D eigenvalue weighted by molar-refractivity contribution is 7.89. The SMILES string of the molecule is CC1CCCC(C)N1S(=O)(=O)c1ccccc1O. The predicted octanol–water partition coefficient (Wildman–Crippen LogP) is 2.34. The number of nitrogens with zero attached hydrogens (tertiary/aromatic N) is 1. The second-order valence-corrected chi connectivity index (χ2v) is 6.74. The Hall–Kier alpha value is -1.07. The van der Waals surface area contributed by atoms with Crippen LogP contribution in [0.5, 0.6) is 5.75 Å². The van der Waals surface area contributed by atoms with Crippen LogP contribution >= 0.6 is 0 Å². The number of phenols is 1. The zero-order chi connectivity index (χ0) is 13.3. The van der Waals surface area contributed by atoms with Gasteiger partial charge in [-0.15, -0.1) is 0 Å². The molecule has 4 nitrogen and oxygen atoms in total. The normalized spacial score (nSPS) is 26.1. The van der Waals surface area contributed by atoms with E-state index in [1.54, 1.807) is 12.1 Å². The van der Waals surface area contributed by atoms with Gasteiger partial charge in [-0.3, -0.25) is 0 Å². The van der Waals surface area contributed by atoms with Gasteiger partial charge in [-0.1, -0.05) is 18.6 Å². The molecule has 5 heteroatoms. The van der Waals surface area contributed by atoms with E-state index in [-0.39, 0.29) is 22.7 Å². The monoisotopic (exact) mass is 269 g/mol. The van der Waals surface area contributed by atoms with Crippen LogP contribution in [0, 0.1) is 0 Å². The largest absolute Gasteiger partial charge is 0.507 e. The van der Waals surface area contributed by atoms with Crippen LogP contribution in [-0.2, 0) is 10.0 Å². The third-order valence-corrected chi connectivity index (χ3v) is 5.71. The summed E-state index contributed by atoms with van der Waals surface area (Å²) < 4.78 is 26.7. The highest BCUT2D eigenvalue weighted by Gasteiger charge is 2.36. The summed E-state index contributed by atoms with van der Waals surface area (Å²) >= 11 is 0. The number of hydrogen-bond donors (Lipinski definition) is 1. The fourth-order valence-electron chi connectivity index (χ4n) is 2.66. The van der Waals surface area contributed by atoms with Gasteiger partial charge in [0.15, 0.2) is 0 Å². The lowest BCUT2D eigenvalue weighted by Crippen LogP contribution is -2.47. The molecule has 1 N–H and O–H groups in total. The van der Waals surface area contributed by atoms with E-state index >= 15 is 0 Å². The predicted molar refractivity (Wildman–Crippen MR) is 69.9 cm³/mol. The maximum absolute atomic E-state index is 12.6. The van der Waals surface area contributed by atoms with E-state index in [0.29, 0.717) is 0 Å². The van der Waals surface area contributed by atoms with Crippen molar-refractivity contribution in [3.05, 3.63) is 24.3 Å². The van der Waals surface area contributed by atoms with Crippen molar-refractivity contribution in [2.45, 2.75) is 50.1 Å². The number of phenolic OH excluding ortho intramolecular Hbond substituents is 1. The van der Waals surface area contributed by atoms with Crippen molar-refractivity contribution < 1.29 is 13.5 Å². The van der Waals surface area contributed by atoms with E-state index in [4.69, 9.17) is 0 Å². The molecule has 0 spiro atoms. The fourth-order valence-corrected chi connectivity index (χ4v) is 4.63. The Bertz CT molecular complexity index is 517. The lowest BCUT2D eigenvalue weighted by Gasteiger charge is -2.37. The van der Waals surface area contributed by atoms with E-state index in [9.17, 15) is 13.5 Å². The van der Waals surface area contributed by atoms with Gasteiger partial charge in [0, 0.05) is 12.1 Å². The first-order valence-electron chi connectivity index (χ1n) is 6.26. The molecule has 1 aliphatic rings. The molecule has 2 rings (SSSR count). The molecule has 1 aromatic rings. The van der Waals surface area contributed by atoms with Crippen LogP contribution in [0.3, 0.4) is 0 Å². The molecule has 1 fully saturated rings. The lowest BCUT2D eigenvalue weighted by atomic mass is 10.0. The maximum atomic E-state index is 12.6. The molecule has 1 saturated heterocycles. The molecule has 2 unspecified atom stereocenters. The third-order valence-electron chi connectivity index (χ3n) is 3.53. The molecule has 100 valence electrons. The average Bonchev–Trinajstić information content (AvgIpc) is 2.28. The minimum Gasteiger partial charge on any atom is -0.507 e. The van der Waals surface area contributed by atoms with E-state index in [1.807, 2.05) is 13.8 Å². The van der Waals surface area contributed by atoms with Gasteiger partial charge >= 0.3 is 0 Å². The first-order valence-corrected chi connectivity index (χ1v) is 7.70. The maximum Gasteiger partial charge on any atom is 0.247 e. The average molecular weight is 269 g/mol. The molecule has 18 heavy (non-hydrogen) atoms. The Kier molecular flexibility index (Phi) is 3.64. The number of hydrogen-bond acceptors (Lipinski definition) is 3. The second-order valence-electron chi connectivity index (χ2n) is 4.93. The summed E-state index contributed by atoms with van der Waals surface area (Å²) in [7, 11) is -3.61. The van der Waals surface area contributed by atoms with E-state index in [0.717, 1.165) is 19.3 Å². The van der Waals surface area contributed by atoms with Gasteiger partial charge in [-0.2, -0.15) is 4.31 Å². The van der Waals surface area contributed by atoms with Crippen LogP contribution < -0.4 is 0 Å². The highest BCUT2D eigenvalue weighted by atomic mass is 32.2. The van der Waals surface area contributed by atoms with E-state index in [2.05, 4.69) is 0 Å². The highest BCUT2D eigenvalue weighted by Crippen LogP contribution is 2.32. The zero-order valence-electron chi connectivity index (χ0n) is 10.7. The van der Waals surface area contributed by atoms with Crippen LogP contribution in [0.2, 0.25) is 0 Å². The van der Waals surface area contributed by atoms with E-state index < -0.39 is 10.0 Å². The van der Waals surface area contributed by atoms with Gasteiger partial charge in [0.25, 0.3) is 0 Å². The number of sulfonamides is 1. The summed E-state index contributed by atoms with van der Waals surface area (Å²) in [6.45, 7) is 3.85. The summed E-state index contributed by atoms with van der Waals surface area (Å²) in [5, 5.41) is 9.74. The van der Waals surface area contributed by atoms with Crippen molar-refractivity contribution >= 4 is 10.0 Å². The standard InChI is InChI=1S/C13H19NO3S/c1-10-6-5-7-11(2)14(10)18(16,17)13-9-4-3-8-12(13)15/h3-4,8-11,15H,5-7H2,1-2H3. The first-order chi connectivity index (χ1) is 8.44. The summed E-state index contributed by atoms with van der Waals surface area (Å²) in [4.78, 5) is 0.00519. The quantitative estimate of drug-likeness (QED) is 0.896. The van der Waals surface area contributed by atoms with Gasteiger partial charge in [0.2, 0.25) is 10.0 Å². The number of piperidine rings is 1. The molecule has 0 amide bonds. The van der Waals surface area contributed by atoms with Crippen molar-refractivity contribution in [3.8, 4) is 5.75 Å². The molecule has 1 heterocycles. The zero-order valence-corrected chi connectivity index (χ0v) is 11.5. The van der Waals surface area contributed by atoms with Crippen molar-refractivity contribution in [1.82, 2.24) is 4.31 Å². The number of rotatable bonds is 2. The minimum atomic E-state index is -3.61. The Morgan fingerprint density at radius 2 is 1.72 bits per heavy atom. The minimum absolute atomic E-state index is 0.00519. The molecule has 1 aromatic carbocycles. The Morgan fingerprint density at radius 1 is 1.17 bits per heavy atom. The Balaban J connectivity index is 2.45. The Labute approximate surface area is 108 Å². The van der Waals surface area contributed by atoms with Crippen LogP contribution in [0.25, 0.3) is 0 Å². The van der Waals surface area contributed by atoms with Crippen molar-refractivity contribution in [1.29, 1.82) is 0 Å². The van der Waals surface area contributed by atoms with E-state index in [1.165, 1.54) is 16.4 Å². The fraction of sp³-hybridized carbons (Fsp3) is 0.538. The topological polar surface area (TPSA) is 57.6 Å². The van der Waals surface area contributed by atoms with Crippen molar-refractivity contribution in [3.63, 3.8) is 0 Å². The van der Waals surface area contributed by atoms with Gasteiger partial charge in [-0.05, 0) is 38.8 Å². The van der Waals surface area contributed by atoms with Crippen LogP contribution in [0.1, 0.15) is 33.1 Å². The first kappa shape index (κ1) is 13.4. The molecule has 0 saturated carbocycles. The second kappa shape index (κ2) is 4.90. The van der Waals surface area contributed by atoms with Crippen molar-refractivity contribution in [2.24, 2.45) is 0 Å². The van der Waals surface area contributed by atoms with Gasteiger partial charge in [0.1, 0.15) is 10.6 Å². The smallest absolute Gasteiger partial charge is 0.247 e. The summed E-state index contributed by atoms with van der Waals surface area (Å²) in [6.07, 6.45) is 2.80. The molecule has 1 aliphatic heterocycles. The number of aromatic hydroxyl groups is 1. The number of para-hydroxylation sites is 1. The molecular weight excluding hydrogens is 250 g/mol. The molecule has 0 bridgehead atoms. The summed E-state index contributed by atoms with van der Waals surface area (Å²) in [5.41, 5.74) is 0. The molecule has 0 aliphatic carbocycles. The lowest BCUT2D eigenvalue weighted by molar-refractivity contribution is 0.204. The van der Waals surface area contributed by atoms with Gasteiger partial charge < -0.3 is 5.11 Å². The summed E-state index contributed by atoms with van der Waals surface area (Å²) in [6, 6.07) is 6.09. The van der Waals surface area contributed by atoms with Crippen LogP contribution in [0.4, 0.5) is 0 Å². The third kappa shape index (κ3) is 2.24. The number of benzene rings is 1. The van der Waals surface area contributed by atoms with Gasteiger partial charge in [0.05, 0.1) is 0 Å². The van der Waals surface area contributed by atoms with Crippen LogP contribution in [0.15, 0.2) is 29.2 Å². The van der Waals surface area contributed by atoms with Gasteiger partial charge in [-0.25, -0.2) is 8.42 Å². The van der Waals surface area contributed by atoms with Crippen molar-refractivity contribution in [2.75, 3.05) is 0 Å². The van der Waals surface area contributed by atoms with Crippen LogP contribution in [-0.4, -0.2) is 29.9 Å². The molecule has 0 aromatic heterocycles. The molecule has 0 radical (unpaired) electrons. The molecular formula is C13H19NO3S. The molecule has 2 atom stereocenters. The Morgan fingerprint density at radius 3 is 2.28 bits per heavy atom. The summed E-state index contributed by atoms with van der Waals surface area (Å²) in [5.74, 6) is -0.178.